The third-order valence-electron chi connectivity index (χ3n) is 3.08. The van der Waals surface area contributed by atoms with Crippen molar-refractivity contribution in [2.24, 2.45) is 0 Å². The zero-order valence-corrected chi connectivity index (χ0v) is 13.3. The van der Waals surface area contributed by atoms with Crippen molar-refractivity contribution in [3.8, 4) is 0 Å². The van der Waals surface area contributed by atoms with Gasteiger partial charge in [0, 0.05) is 4.88 Å². The van der Waals surface area contributed by atoms with E-state index in [1.54, 1.807) is 0 Å². The van der Waals surface area contributed by atoms with Crippen LogP contribution in [0, 0.1) is 24.0 Å². The second-order valence-electron chi connectivity index (χ2n) is 4.74. The highest BCUT2D eigenvalue weighted by atomic mass is 32.1. The van der Waals surface area contributed by atoms with Crippen LogP contribution in [0.3, 0.4) is 0 Å². The fraction of sp³-hybridized carbons (Fsp3) is 0.308. The molecular weight excluding hydrogens is 322 g/mol. The van der Waals surface area contributed by atoms with Gasteiger partial charge in [-0.25, -0.2) is 4.79 Å². The molecule has 0 aliphatic carbocycles. The lowest BCUT2D eigenvalue weighted by Gasteiger charge is -2.06. The Morgan fingerprint density at radius 3 is 2.74 bits per heavy atom. The van der Waals surface area contributed by atoms with Crippen molar-refractivity contribution >= 4 is 29.0 Å². The van der Waals surface area contributed by atoms with Crippen LogP contribution in [0.25, 0.3) is 0 Å². The van der Waals surface area contributed by atoms with Gasteiger partial charge in [0.25, 0.3) is 0 Å². The molecule has 23 heavy (non-hydrogen) atoms. The largest absolute Gasteiger partial charge is 0.333 e. The first-order valence-corrected chi connectivity index (χ1v) is 7.55. The van der Waals surface area contributed by atoms with Crippen LogP contribution >= 0.6 is 11.3 Å². The third-order valence-corrected chi connectivity index (χ3v) is 3.95. The molecule has 0 spiro atoms. The van der Waals surface area contributed by atoms with Gasteiger partial charge < -0.3 is 5.32 Å². The molecule has 0 bridgehead atoms. The molecule has 2 N–H and O–H groups in total. The smallest absolute Gasteiger partial charge is 0.321 e. The minimum atomic E-state index is -0.626. The topological polar surface area (TPSA) is 119 Å². The SMILES string of the molecule is Cc1nn(CC(=O)NC(=O)NCc2cccs2)c(C)c1[N+](=O)[O-]. The highest BCUT2D eigenvalue weighted by Crippen LogP contribution is 2.21. The molecule has 0 aromatic carbocycles. The summed E-state index contributed by atoms with van der Waals surface area (Å²) in [4.78, 5) is 34.8. The first-order chi connectivity index (χ1) is 10.9. The molecule has 0 aliphatic heterocycles. The molecule has 122 valence electrons. The van der Waals surface area contributed by atoms with E-state index < -0.39 is 16.9 Å². The normalized spacial score (nSPS) is 10.3. The third kappa shape index (κ3) is 4.13. The number of nitro groups is 1. The van der Waals surface area contributed by atoms with Crippen molar-refractivity contribution in [3.63, 3.8) is 0 Å². The van der Waals surface area contributed by atoms with Crippen LogP contribution in [0.15, 0.2) is 17.5 Å². The van der Waals surface area contributed by atoms with Gasteiger partial charge in [-0.15, -0.1) is 11.3 Å². The molecule has 3 amide bonds. The van der Waals surface area contributed by atoms with E-state index in [0.29, 0.717) is 6.54 Å². The maximum absolute atomic E-state index is 11.8. The van der Waals surface area contributed by atoms with E-state index in [2.05, 4.69) is 15.7 Å². The summed E-state index contributed by atoms with van der Waals surface area (Å²) in [5, 5.41) is 21.5. The summed E-state index contributed by atoms with van der Waals surface area (Å²) in [6.45, 7) is 3.05. The van der Waals surface area contributed by atoms with Crippen molar-refractivity contribution in [3.05, 3.63) is 43.9 Å². The van der Waals surface area contributed by atoms with E-state index in [0.717, 1.165) is 4.88 Å². The Morgan fingerprint density at radius 2 is 2.17 bits per heavy atom. The van der Waals surface area contributed by atoms with Crippen LogP contribution in [0.2, 0.25) is 0 Å². The number of thiophene rings is 1. The lowest BCUT2D eigenvalue weighted by molar-refractivity contribution is -0.386. The Hall–Kier alpha value is -2.75. The maximum Gasteiger partial charge on any atom is 0.321 e. The predicted octanol–water partition coefficient (Wildman–Crippen LogP) is 1.50. The molecule has 10 heteroatoms. The van der Waals surface area contributed by atoms with Crippen LogP contribution in [0.1, 0.15) is 16.3 Å². The van der Waals surface area contributed by atoms with Crippen molar-refractivity contribution in [1.82, 2.24) is 20.4 Å². The predicted molar refractivity (Wildman–Crippen MR) is 83.1 cm³/mol. The number of hydrogen-bond acceptors (Lipinski definition) is 6. The maximum atomic E-state index is 11.8. The number of rotatable bonds is 5. The van der Waals surface area contributed by atoms with Gasteiger partial charge in [-0.3, -0.25) is 24.9 Å². The van der Waals surface area contributed by atoms with Gasteiger partial charge >= 0.3 is 11.7 Å². The van der Waals surface area contributed by atoms with Gasteiger partial charge in [-0.2, -0.15) is 5.10 Å². The zero-order valence-electron chi connectivity index (χ0n) is 12.5. The Kier molecular flexibility index (Phi) is 5.06. The number of nitrogens with zero attached hydrogens (tertiary/aromatic N) is 3. The molecule has 9 nitrogen and oxygen atoms in total. The van der Waals surface area contributed by atoms with E-state index in [4.69, 9.17) is 0 Å². The molecule has 0 atom stereocenters. The second-order valence-corrected chi connectivity index (χ2v) is 5.78. The lowest BCUT2D eigenvalue weighted by atomic mass is 10.3. The van der Waals surface area contributed by atoms with Crippen LogP contribution in [0.5, 0.6) is 0 Å². The van der Waals surface area contributed by atoms with E-state index in [9.17, 15) is 19.7 Å². The first-order valence-electron chi connectivity index (χ1n) is 6.67. The number of amides is 3. The molecule has 0 saturated carbocycles. The number of aryl methyl sites for hydroxylation is 1. The molecule has 2 aromatic rings. The zero-order chi connectivity index (χ0) is 17.0. The fourth-order valence-electron chi connectivity index (χ4n) is 2.03. The van der Waals surface area contributed by atoms with Gasteiger partial charge in [0.2, 0.25) is 5.91 Å². The van der Waals surface area contributed by atoms with Gasteiger partial charge in [0.1, 0.15) is 17.9 Å². The number of nitrogens with one attached hydrogen (secondary N) is 2. The Balaban J connectivity index is 1.91. The molecule has 0 radical (unpaired) electrons. The summed E-state index contributed by atoms with van der Waals surface area (Å²) in [6.07, 6.45) is 0. The summed E-state index contributed by atoms with van der Waals surface area (Å²) in [6, 6.07) is 3.10. The summed E-state index contributed by atoms with van der Waals surface area (Å²) < 4.78 is 1.20. The summed E-state index contributed by atoms with van der Waals surface area (Å²) in [5.74, 6) is -0.603. The number of carbonyl (C=O) groups is 2. The van der Waals surface area contributed by atoms with Gasteiger partial charge in [0.15, 0.2) is 0 Å². The number of imide groups is 1. The van der Waals surface area contributed by atoms with E-state index >= 15 is 0 Å². The Bertz CT molecular complexity index is 738. The summed E-state index contributed by atoms with van der Waals surface area (Å²) in [5.41, 5.74) is 0.365. The van der Waals surface area contributed by atoms with Crippen molar-refractivity contribution in [1.29, 1.82) is 0 Å². The average Bonchev–Trinajstić information content (AvgIpc) is 3.05. The molecule has 2 heterocycles. The molecule has 0 fully saturated rings. The quantitative estimate of drug-likeness (QED) is 0.633. The van der Waals surface area contributed by atoms with Crippen molar-refractivity contribution in [2.75, 3.05) is 0 Å². The Morgan fingerprint density at radius 1 is 1.43 bits per heavy atom. The number of aromatic nitrogens is 2. The van der Waals surface area contributed by atoms with Crippen molar-refractivity contribution < 1.29 is 14.5 Å². The molecule has 0 unspecified atom stereocenters. The standard InChI is InChI=1S/C13H15N5O4S/c1-8-12(18(21)22)9(2)17(16-8)7-11(19)15-13(20)14-6-10-4-3-5-23-10/h3-5H,6-7H2,1-2H3,(H2,14,15,19,20). The average molecular weight is 337 g/mol. The molecular formula is C13H15N5O4S. The highest BCUT2D eigenvalue weighted by molar-refractivity contribution is 7.09. The molecule has 2 rings (SSSR count). The molecule has 0 aliphatic rings. The fourth-order valence-corrected chi connectivity index (χ4v) is 2.68. The first kappa shape index (κ1) is 16.6. The highest BCUT2D eigenvalue weighted by Gasteiger charge is 2.23. The lowest BCUT2D eigenvalue weighted by Crippen LogP contribution is -2.40. The minimum Gasteiger partial charge on any atom is -0.333 e. The van der Waals surface area contributed by atoms with Gasteiger partial charge in [-0.05, 0) is 25.3 Å². The summed E-state index contributed by atoms with van der Waals surface area (Å²) in [7, 11) is 0. The van der Waals surface area contributed by atoms with Crippen LogP contribution < -0.4 is 10.6 Å². The monoisotopic (exact) mass is 337 g/mol. The van der Waals surface area contributed by atoms with Crippen LogP contribution in [-0.4, -0.2) is 26.6 Å². The number of urea groups is 1. The Labute approximate surface area is 135 Å². The second kappa shape index (κ2) is 7.01. The number of carbonyl (C=O) groups excluding carboxylic acids is 2. The summed E-state index contributed by atoms with van der Waals surface area (Å²) >= 11 is 1.49. The van der Waals surface area contributed by atoms with E-state index in [1.165, 1.54) is 29.9 Å². The van der Waals surface area contributed by atoms with Gasteiger partial charge in [-0.1, -0.05) is 6.07 Å². The minimum absolute atomic E-state index is 0.125. The van der Waals surface area contributed by atoms with Crippen molar-refractivity contribution in [2.45, 2.75) is 26.9 Å². The molecule has 2 aromatic heterocycles. The van der Waals surface area contributed by atoms with E-state index in [-0.39, 0.29) is 23.6 Å². The molecule has 0 saturated heterocycles. The number of hydrogen-bond donors (Lipinski definition) is 2. The van der Waals surface area contributed by atoms with Gasteiger partial charge in [0.05, 0.1) is 11.5 Å². The van der Waals surface area contributed by atoms with Crippen LogP contribution in [-0.2, 0) is 17.9 Å². The van der Waals surface area contributed by atoms with E-state index in [1.807, 2.05) is 17.5 Å². The van der Waals surface area contributed by atoms with Crippen LogP contribution in [0.4, 0.5) is 10.5 Å².